The van der Waals surface area contributed by atoms with E-state index in [9.17, 15) is 0 Å². The second kappa shape index (κ2) is 7.46. The Balaban J connectivity index is 0.00000162. The van der Waals surface area contributed by atoms with Gasteiger partial charge in [-0.15, -0.1) is 12.4 Å². The van der Waals surface area contributed by atoms with E-state index in [0.717, 1.165) is 43.1 Å². The SMILES string of the molecule is COc1cc(CN)ccc1OC1CCOCC1.Cl. The molecule has 0 bridgehead atoms. The topological polar surface area (TPSA) is 53.7 Å². The minimum atomic E-state index is 0. The van der Waals surface area contributed by atoms with E-state index in [1.807, 2.05) is 18.2 Å². The molecular weight excluding hydrogens is 254 g/mol. The minimum absolute atomic E-state index is 0. The second-order valence-corrected chi connectivity index (χ2v) is 4.12. The Hall–Kier alpha value is -0.970. The quantitative estimate of drug-likeness (QED) is 0.913. The molecule has 1 aromatic carbocycles. The lowest BCUT2D eigenvalue weighted by molar-refractivity contribution is 0.0245. The molecule has 0 radical (unpaired) electrons. The van der Waals surface area contributed by atoms with Crippen LogP contribution in [0.2, 0.25) is 0 Å². The molecule has 1 heterocycles. The molecule has 102 valence electrons. The van der Waals surface area contributed by atoms with Crippen LogP contribution in [0.25, 0.3) is 0 Å². The van der Waals surface area contributed by atoms with Crippen molar-refractivity contribution in [2.24, 2.45) is 5.73 Å². The zero-order valence-corrected chi connectivity index (χ0v) is 11.4. The van der Waals surface area contributed by atoms with Crippen LogP contribution >= 0.6 is 12.4 Å². The van der Waals surface area contributed by atoms with Crippen molar-refractivity contribution < 1.29 is 14.2 Å². The van der Waals surface area contributed by atoms with Gasteiger partial charge in [0, 0.05) is 19.4 Å². The van der Waals surface area contributed by atoms with Crippen molar-refractivity contribution in [2.75, 3.05) is 20.3 Å². The fourth-order valence-corrected chi connectivity index (χ4v) is 1.91. The van der Waals surface area contributed by atoms with Gasteiger partial charge >= 0.3 is 0 Å². The van der Waals surface area contributed by atoms with Crippen molar-refractivity contribution in [3.63, 3.8) is 0 Å². The maximum Gasteiger partial charge on any atom is 0.161 e. The molecule has 1 aliphatic rings. The Morgan fingerprint density at radius 1 is 1.28 bits per heavy atom. The molecule has 1 aromatic rings. The second-order valence-electron chi connectivity index (χ2n) is 4.12. The fourth-order valence-electron chi connectivity index (χ4n) is 1.91. The first kappa shape index (κ1) is 15.1. The lowest BCUT2D eigenvalue weighted by Crippen LogP contribution is -2.26. The monoisotopic (exact) mass is 273 g/mol. The summed E-state index contributed by atoms with van der Waals surface area (Å²) in [5.41, 5.74) is 6.64. The third-order valence-corrected chi connectivity index (χ3v) is 2.93. The minimum Gasteiger partial charge on any atom is -0.493 e. The van der Waals surface area contributed by atoms with Crippen molar-refractivity contribution >= 4 is 12.4 Å². The van der Waals surface area contributed by atoms with E-state index < -0.39 is 0 Å². The standard InChI is InChI=1S/C13H19NO3.ClH/c1-15-13-8-10(9-14)2-3-12(13)17-11-4-6-16-7-5-11;/h2-3,8,11H,4-7,9,14H2,1H3;1H. The molecule has 0 saturated carbocycles. The van der Waals surface area contributed by atoms with Gasteiger partial charge in [-0.2, -0.15) is 0 Å². The highest BCUT2D eigenvalue weighted by atomic mass is 35.5. The van der Waals surface area contributed by atoms with E-state index >= 15 is 0 Å². The van der Waals surface area contributed by atoms with Gasteiger partial charge in [0.25, 0.3) is 0 Å². The Bertz CT molecular complexity index is 367. The molecule has 1 saturated heterocycles. The average molecular weight is 274 g/mol. The summed E-state index contributed by atoms with van der Waals surface area (Å²) in [5.74, 6) is 1.54. The van der Waals surface area contributed by atoms with Crippen LogP contribution in [-0.4, -0.2) is 26.4 Å². The number of halogens is 1. The van der Waals surface area contributed by atoms with Gasteiger partial charge in [-0.25, -0.2) is 0 Å². The summed E-state index contributed by atoms with van der Waals surface area (Å²) < 4.78 is 16.6. The summed E-state index contributed by atoms with van der Waals surface area (Å²) in [6, 6.07) is 5.82. The van der Waals surface area contributed by atoms with E-state index in [4.69, 9.17) is 19.9 Å². The smallest absolute Gasteiger partial charge is 0.161 e. The largest absolute Gasteiger partial charge is 0.493 e. The molecule has 0 spiro atoms. The maximum absolute atomic E-state index is 5.93. The molecule has 0 aliphatic carbocycles. The third kappa shape index (κ3) is 3.77. The summed E-state index contributed by atoms with van der Waals surface area (Å²) in [6.07, 6.45) is 2.09. The van der Waals surface area contributed by atoms with Crippen LogP contribution in [0.4, 0.5) is 0 Å². The number of hydrogen-bond acceptors (Lipinski definition) is 4. The number of benzene rings is 1. The van der Waals surface area contributed by atoms with Gasteiger partial charge in [-0.1, -0.05) is 6.07 Å². The van der Waals surface area contributed by atoms with Crippen molar-refractivity contribution in [2.45, 2.75) is 25.5 Å². The normalized spacial score (nSPS) is 15.9. The van der Waals surface area contributed by atoms with Crippen LogP contribution in [0.5, 0.6) is 11.5 Å². The van der Waals surface area contributed by atoms with Crippen LogP contribution in [0.1, 0.15) is 18.4 Å². The van der Waals surface area contributed by atoms with Gasteiger partial charge in [0.05, 0.1) is 20.3 Å². The maximum atomic E-state index is 5.93. The Morgan fingerprint density at radius 2 is 2.00 bits per heavy atom. The molecular formula is C13H20ClNO3. The van der Waals surface area contributed by atoms with E-state index in [2.05, 4.69) is 0 Å². The lowest BCUT2D eigenvalue weighted by atomic mass is 10.1. The third-order valence-electron chi connectivity index (χ3n) is 2.93. The Labute approximate surface area is 114 Å². The molecule has 4 nitrogen and oxygen atoms in total. The molecule has 2 rings (SSSR count). The molecule has 0 aromatic heterocycles. The molecule has 0 unspecified atom stereocenters. The van der Waals surface area contributed by atoms with E-state index in [0.29, 0.717) is 6.54 Å². The summed E-state index contributed by atoms with van der Waals surface area (Å²) in [4.78, 5) is 0. The van der Waals surface area contributed by atoms with Gasteiger partial charge in [0.2, 0.25) is 0 Å². The molecule has 18 heavy (non-hydrogen) atoms. The van der Waals surface area contributed by atoms with Crippen LogP contribution in [0.15, 0.2) is 18.2 Å². The Morgan fingerprint density at radius 3 is 2.61 bits per heavy atom. The molecule has 0 atom stereocenters. The Kier molecular flexibility index (Phi) is 6.25. The number of rotatable bonds is 4. The highest BCUT2D eigenvalue weighted by molar-refractivity contribution is 5.85. The van der Waals surface area contributed by atoms with Crippen LogP contribution in [0.3, 0.4) is 0 Å². The van der Waals surface area contributed by atoms with Crippen LogP contribution < -0.4 is 15.2 Å². The zero-order chi connectivity index (χ0) is 12.1. The summed E-state index contributed by atoms with van der Waals surface area (Å²) in [5, 5.41) is 0. The van der Waals surface area contributed by atoms with Gasteiger partial charge in [-0.05, 0) is 17.7 Å². The van der Waals surface area contributed by atoms with E-state index in [1.54, 1.807) is 7.11 Å². The lowest BCUT2D eigenvalue weighted by Gasteiger charge is -2.24. The molecule has 0 amide bonds. The predicted molar refractivity (Wildman–Crippen MR) is 72.6 cm³/mol. The van der Waals surface area contributed by atoms with Gasteiger partial charge in [0.15, 0.2) is 11.5 Å². The van der Waals surface area contributed by atoms with Crippen molar-refractivity contribution in [3.8, 4) is 11.5 Å². The van der Waals surface area contributed by atoms with E-state index in [1.165, 1.54) is 0 Å². The van der Waals surface area contributed by atoms with Gasteiger partial charge in [-0.3, -0.25) is 0 Å². The molecule has 5 heteroatoms. The van der Waals surface area contributed by atoms with Crippen molar-refractivity contribution in [1.82, 2.24) is 0 Å². The number of methoxy groups -OCH3 is 1. The first-order chi connectivity index (χ1) is 8.33. The summed E-state index contributed by atoms with van der Waals surface area (Å²) in [7, 11) is 1.65. The molecule has 2 N–H and O–H groups in total. The van der Waals surface area contributed by atoms with Gasteiger partial charge < -0.3 is 19.9 Å². The van der Waals surface area contributed by atoms with Crippen molar-refractivity contribution in [3.05, 3.63) is 23.8 Å². The molecule has 1 aliphatic heterocycles. The molecule has 1 fully saturated rings. The first-order valence-electron chi connectivity index (χ1n) is 5.95. The number of nitrogens with two attached hydrogens (primary N) is 1. The summed E-state index contributed by atoms with van der Waals surface area (Å²) >= 11 is 0. The van der Waals surface area contributed by atoms with Crippen LogP contribution in [-0.2, 0) is 11.3 Å². The highest BCUT2D eigenvalue weighted by Gasteiger charge is 2.17. The summed E-state index contributed by atoms with van der Waals surface area (Å²) in [6.45, 7) is 2.05. The van der Waals surface area contributed by atoms with Gasteiger partial charge in [0.1, 0.15) is 6.10 Å². The zero-order valence-electron chi connectivity index (χ0n) is 10.6. The first-order valence-corrected chi connectivity index (χ1v) is 5.95. The number of ether oxygens (including phenoxy) is 3. The average Bonchev–Trinajstić information content (AvgIpc) is 2.40. The predicted octanol–water partition coefficient (Wildman–Crippen LogP) is 2.13. The van der Waals surface area contributed by atoms with Crippen LogP contribution in [0, 0.1) is 0 Å². The van der Waals surface area contributed by atoms with Crippen molar-refractivity contribution in [1.29, 1.82) is 0 Å². The highest BCUT2D eigenvalue weighted by Crippen LogP contribution is 2.30. The fraction of sp³-hybridized carbons (Fsp3) is 0.538. The number of hydrogen-bond donors (Lipinski definition) is 1. The van der Waals surface area contributed by atoms with E-state index in [-0.39, 0.29) is 18.5 Å².